The van der Waals surface area contributed by atoms with Gasteiger partial charge in [-0.05, 0) is 24.6 Å². The molecule has 0 unspecified atom stereocenters. The number of hydrogen-bond donors (Lipinski definition) is 1. The van der Waals surface area contributed by atoms with Gasteiger partial charge in [0.1, 0.15) is 5.82 Å². The highest BCUT2D eigenvalue weighted by Crippen LogP contribution is 2.29. The Kier molecular flexibility index (Phi) is 4.02. The molecule has 0 saturated carbocycles. The summed E-state index contributed by atoms with van der Waals surface area (Å²) in [7, 11) is 0. The van der Waals surface area contributed by atoms with E-state index in [4.69, 9.17) is 0 Å². The summed E-state index contributed by atoms with van der Waals surface area (Å²) in [4.78, 5) is 38.8. The molecule has 0 radical (unpaired) electrons. The van der Waals surface area contributed by atoms with Crippen molar-refractivity contribution in [3.63, 3.8) is 0 Å². The van der Waals surface area contributed by atoms with E-state index >= 15 is 0 Å². The van der Waals surface area contributed by atoms with Gasteiger partial charge in [0.2, 0.25) is 17.7 Å². The third-order valence-corrected chi connectivity index (χ3v) is 4.22. The summed E-state index contributed by atoms with van der Waals surface area (Å²) in [6.07, 6.45) is 0.0459. The van der Waals surface area contributed by atoms with E-state index in [1.54, 1.807) is 19.1 Å². The van der Waals surface area contributed by atoms with Gasteiger partial charge in [-0.15, -0.1) is 0 Å². The molecular formula is C16H18FN3O3. The third-order valence-electron chi connectivity index (χ3n) is 4.22. The summed E-state index contributed by atoms with van der Waals surface area (Å²) >= 11 is 0. The average molecular weight is 319 g/mol. The van der Waals surface area contributed by atoms with Crippen LogP contribution >= 0.6 is 0 Å². The van der Waals surface area contributed by atoms with Crippen LogP contribution in [0.3, 0.4) is 0 Å². The van der Waals surface area contributed by atoms with Crippen molar-refractivity contribution < 1.29 is 18.8 Å². The maximum atomic E-state index is 14.1. The van der Waals surface area contributed by atoms with Crippen molar-refractivity contribution in [1.29, 1.82) is 0 Å². The highest BCUT2D eigenvalue weighted by Gasteiger charge is 2.38. The number of carbonyl (C=O) groups is 3. The fourth-order valence-corrected chi connectivity index (χ4v) is 3.02. The van der Waals surface area contributed by atoms with Gasteiger partial charge in [-0.1, -0.05) is 6.07 Å². The maximum Gasteiger partial charge on any atom is 0.239 e. The molecule has 7 heteroatoms. The van der Waals surface area contributed by atoms with E-state index in [9.17, 15) is 18.8 Å². The first-order chi connectivity index (χ1) is 11.0. The van der Waals surface area contributed by atoms with E-state index in [0.29, 0.717) is 13.1 Å². The maximum absolute atomic E-state index is 14.1. The van der Waals surface area contributed by atoms with E-state index in [-0.39, 0.29) is 42.9 Å². The third kappa shape index (κ3) is 3.04. The minimum absolute atomic E-state index is 0.0163. The predicted octanol–water partition coefficient (Wildman–Crippen LogP) is 0.445. The Morgan fingerprint density at radius 1 is 1.35 bits per heavy atom. The Morgan fingerprint density at radius 2 is 2.13 bits per heavy atom. The summed E-state index contributed by atoms with van der Waals surface area (Å²) in [6.45, 7) is 2.79. The standard InChI is InChI=1S/C16H18FN3O3/c1-10-2-3-13(12(17)6-10)20-8-11(7-15(20)22)16(23)19-5-4-18-14(21)9-19/h2-3,6,11H,4-5,7-9H2,1H3,(H,18,21)/t11-/m0/s1. The molecule has 122 valence electrons. The van der Waals surface area contributed by atoms with Gasteiger partial charge in [-0.3, -0.25) is 14.4 Å². The minimum atomic E-state index is -0.533. The van der Waals surface area contributed by atoms with Gasteiger partial charge in [0, 0.05) is 26.1 Å². The van der Waals surface area contributed by atoms with Crippen LogP contribution in [0.2, 0.25) is 0 Å². The lowest BCUT2D eigenvalue weighted by Gasteiger charge is -2.28. The Labute approximate surface area is 133 Å². The Hall–Kier alpha value is -2.44. The van der Waals surface area contributed by atoms with Crippen LogP contribution in [0.1, 0.15) is 12.0 Å². The summed E-state index contributed by atoms with van der Waals surface area (Å²) in [5, 5.41) is 2.65. The van der Waals surface area contributed by atoms with Crippen LogP contribution < -0.4 is 10.2 Å². The number of carbonyl (C=O) groups excluding carboxylic acids is 3. The monoisotopic (exact) mass is 319 g/mol. The Morgan fingerprint density at radius 3 is 2.83 bits per heavy atom. The molecule has 2 fully saturated rings. The van der Waals surface area contributed by atoms with Crippen molar-refractivity contribution in [3.05, 3.63) is 29.6 Å². The number of halogens is 1. The molecule has 3 rings (SSSR count). The minimum Gasteiger partial charge on any atom is -0.353 e. The van der Waals surface area contributed by atoms with Crippen LogP contribution in [-0.4, -0.2) is 48.8 Å². The van der Waals surface area contributed by atoms with Crippen molar-refractivity contribution in [2.45, 2.75) is 13.3 Å². The lowest BCUT2D eigenvalue weighted by molar-refractivity contribution is -0.141. The zero-order valence-electron chi connectivity index (χ0n) is 12.8. The molecule has 2 aliphatic heterocycles. The van der Waals surface area contributed by atoms with E-state index in [0.717, 1.165) is 5.56 Å². The number of piperazine rings is 1. The summed E-state index contributed by atoms with van der Waals surface area (Å²) in [5.41, 5.74) is 0.970. The number of nitrogens with zero attached hydrogens (tertiary/aromatic N) is 2. The largest absolute Gasteiger partial charge is 0.353 e. The predicted molar refractivity (Wildman–Crippen MR) is 81.2 cm³/mol. The first kappa shape index (κ1) is 15.5. The first-order valence-electron chi connectivity index (χ1n) is 7.57. The van der Waals surface area contributed by atoms with Crippen LogP contribution in [0, 0.1) is 18.7 Å². The normalized spacial score (nSPS) is 21.6. The van der Waals surface area contributed by atoms with Crippen LogP contribution in [0.5, 0.6) is 0 Å². The molecule has 1 aromatic rings. The van der Waals surface area contributed by atoms with Crippen molar-refractivity contribution in [2.24, 2.45) is 5.92 Å². The molecule has 6 nitrogen and oxygen atoms in total. The van der Waals surface area contributed by atoms with Gasteiger partial charge in [0.25, 0.3) is 0 Å². The summed E-state index contributed by atoms with van der Waals surface area (Å²) < 4.78 is 14.1. The number of rotatable bonds is 2. The molecule has 2 saturated heterocycles. The van der Waals surface area contributed by atoms with Gasteiger partial charge >= 0.3 is 0 Å². The van der Waals surface area contributed by atoms with E-state index in [1.165, 1.54) is 15.9 Å². The van der Waals surface area contributed by atoms with E-state index in [1.807, 2.05) is 0 Å². The topological polar surface area (TPSA) is 69.7 Å². The number of anilines is 1. The average Bonchev–Trinajstić information content (AvgIpc) is 2.88. The molecule has 2 aliphatic rings. The zero-order chi connectivity index (χ0) is 16.6. The van der Waals surface area contributed by atoms with Gasteiger partial charge < -0.3 is 15.1 Å². The quantitative estimate of drug-likeness (QED) is 0.860. The second kappa shape index (κ2) is 5.98. The molecule has 1 aromatic carbocycles. The van der Waals surface area contributed by atoms with Crippen LogP contribution in [-0.2, 0) is 14.4 Å². The van der Waals surface area contributed by atoms with Gasteiger partial charge in [0.15, 0.2) is 0 Å². The lowest BCUT2D eigenvalue weighted by Crippen LogP contribution is -2.51. The van der Waals surface area contributed by atoms with Crippen molar-refractivity contribution >= 4 is 23.4 Å². The van der Waals surface area contributed by atoms with E-state index < -0.39 is 11.7 Å². The van der Waals surface area contributed by atoms with Gasteiger partial charge in [-0.25, -0.2) is 4.39 Å². The smallest absolute Gasteiger partial charge is 0.239 e. The number of amides is 3. The second-order valence-corrected chi connectivity index (χ2v) is 5.97. The van der Waals surface area contributed by atoms with Crippen molar-refractivity contribution in [2.75, 3.05) is 31.1 Å². The molecule has 0 aliphatic carbocycles. The van der Waals surface area contributed by atoms with Crippen LogP contribution in [0.15, 0.2) is 18.2 Å². The van der Waals surface area contributed by atoms with Crippen LogP contribution in [0.25, 0.3) is 0 Å². The number of aryl methyl sites for hydroxylation is 1. The van der Waals surface area contributed by atoms with Gasteiger partial charge in [0.05, 0.1) is 18.2 Å². The fourth-order valence-electron chi connectivity index (χ4n) is 3.02. The van der Waals surface area contributed by atoms with Crippen molar-refractivity contribution in [3.8, 4) is 0 Å². The van der Waals surface area contributed by atoms with E-state index in [2.05, 4.69) is 5.32 Å². The molecule has 2 heterocycles. The molecule has 3 amide bonds. The fraction of sp³-hybridized carbons (Fsp3) is 0.438. The summed E-state index contributed by atoms with van der Waals surface area (Å²) in [5.74, 6) is -1.69. The lowest BCUT2D eigenvalue weighted by atomic mass is 10.1. The summed E-state index contributed by atoms with van der Waals surface area (Å²) in [6, 6.07) is 4.66. The molecular weight excluding hydrogens is 301 g/mol. The second-order valence-electron chi connectivity index (χ2n) is 5.97. The molecule has 23 heavy (non-hydrogen) atoms. The first-order valence-corrected chi connectivity index (χ1v) is 7.57. The molecule has 1 N–H and O–H groups in total. The Bertz CT molecular complexity index is 677. The Balaban J connectivity index is 1.74. The SMILES string of the molecule is Cc1ccc(N2C[C@@H](C(=O)N3CCNC(=O)C3)CC2=O)c(F)c1. The molecule has 0 aromatic heterocycles. The van der Waals surface area contributed by atoms with Gasteiger partial charge in [-0.2, -0.15) is 0 Å². The highest BCUT2D eigenvalue weighted by atomic mass is 19.1. The highest BCUT2D eigenvalue weighted by molar-refractivity contribution is 6.01. The number of nitrogens with one attached hydrogen (secondary N) is 1. The van der Waals surface area contributed by atoms with Crippen molar-refractivity contribution in [1.82, 2.24) is 10.2 Å². The number of hydrogen-bond acceptors (Lipinski definition) is 3. The molecule has 0 bridgehead atoms. The molecule has 1 atom stereocenters. The molecule has 0 spiro atoms. The number of benzene rings is 1. The van der Waals surface area contributed by atoms with Crippen LogP contribution in [0.4, 0.5) is 10.1 Å². The zero-order valence-corrected chi connectivity index (χ0v) is 12.8.